The number of aryl methyl sites for hydroxylation is 1. The average Bonchev–Trinajstić information content (AvgIpc) is 2.58. The van der Waals surface area contributed by atoms with Gasteiger partial charge in [-0.15, -0.1) is 0 Å². The van der Waals surface area contributed by atoms with E-state index in [0.717, 1.165) is 6.42 Å². The fraction of sp³-hybridized carbons (Fsp3) is 0.533. The van der Waals surface area contributed by atoms with Crippen LogP contribution in [0.25, 0.3) is 0 Å². The maximum atomic E-state index is 12.2. The Bertz CT molecular complexity index is 442. The first kappa shape index (κ1) is 13.1. The third-order valence-corrected chi connectivity index (χ3v) is 3.58. The summed E-state index contributed by atoms with van der Waals surface area (Å²) < 4.78 is 0. The van der Waals surface area contributed by atoms with Gasteiger partial charge in [-0.05, 0) is 30.4 Å². The first-order chi connectivity index (χ1) is 8.50. The number of carbonyl (C=O) groups excluding carboxylic acids is 1. The SMILES string of the molecule is Cc1ccccc1C1NC(CC(C)C)C(=O)N1C. The fourth-order valence-electron chi connectivity index (χ4n) is 2.58. The van der Waals surface area contributed by atoms with Crippen LogP contribution in [0.15, 0.2) is 24.3 Å². The lowest BCUT2D eigenvalue weighted by atomic mass is 10.0. The van der Waals surface area contributed by atoms with Gasteiger partial charge in [0.15, 0.2) is 0 Å². The van der Waals surface area contributed by atoms with Gasteiger partial charge in [0.2, 0.25) is 5.91 Å². The van der Waals surface area contributed by atoms with Crippen molar-refractivity contribution >= 4 is 5.91 Å². The van der Waals surface area contributed by atoms with Crippen molar-refractivity contribution in [2.24, 2.45) is 5.92 Å². The first-order valence-electron chi connectivity index (χ1n) is 6.59. The molecule has 0 spiro atoms. The average molecular weight is 246 g/mol. The van der Waals surface area contributed by atoms with Crippen molar-refractivity contribution in [3.8, 4) is 0 Å². The van der Waals surface area contributed by atoms with Gasteiger partial charge in [-0.2, -0.15) is 0 Å². The Balaban J connectivity index is 2.21. The van der Waals surface area contributed by atoms with Gasteiger partial charge in [-0.25, -0.2) is 0 Å². The monoisotopic (exact) mass is 246 g/mol. The summed E-state index contributed by atoms with van der Waals surface area (Å²) in [6.07, 6.45) is 0.911. The zero-order valence-electron chi connectivity index (χ0n) is 11.6. The summed E-state index contributed by atoms with van der Waals surface area (Å²) >= 11 is 0. The minimum atomic E-state index is -0.0420. The molecule has 1 aromatic carbocycles. The second-order valence-corrected chi connectivity index (χ2v) is 5.56. The summed E-state index contributed by atoms with van der Waals surface area (Å²) in [6.45, 7) is 6.39. The Hall–Kier alpha value is -1.35. The van der Waals surface area contributed by atoms with E-state index in [4.69, 9.17) is 0 Å². The number of rotatable bonds is 3. The first-order valence-corrected chi connectivity index (χ1v) is 6.59. The molecule has 0 bridgehead atoms. The van der Waals surface area contributed by atoms with Crippen molar-refractivity contribution in [3.63, 3.8) is 0 Å². The van der Waals surface area contributed by atoms with E-state index < -0.39 is 0 Å². The predicted octanol–water partition coefficient (Wildman–Crippen LogP) is 2.47. The smallest absolute Gasteiger partial charge is 0.241 e. The molecule has 0 aliphatic carbocycles. The molecule has 0 saturated carbocycles. The minimum absolute atomic E-state index is 0.0162. The van der Waals surface area contributed by atoms with Gasteiger partial charge in [-0.1, -0.05) is 38.1 Å². The molecule has 1 aliphatic heterocycles. The second-order valence-electron chi connectivity index (χ2n) is 5.56. The largest absolute Gasteiger partial charge is 0.325 e. The van der Waals surface area contributed by atoms with E-state index >= 15 is 0 Å². The van der Waals surface area contributed by atoms with E-state index in [1.54, 1.807) is 0 Å². The molecule has 0 radical (unpaired) electrons. The molecule has 1 N–H and O–H groups in total. The second kappa shape index (κ2) is 5.11. The number of nitrogens with one attached hydrogen (secondary N) is 1. The zero-order valence-corrected chi connectivity index (χ0v) is 11.6. The summed E-state index contributed by atoms with van der Waals surface area (Å²) in [5.41, 5.74) is 2.42. The molecule has 18 heavy (non-hydrogen) atoms. The minimum Gasteiger partial charge on any atom is -0.325 e. The maximum Gasteiger partial charge on any atom is 0.241 e. The molecule has 1 heterocycles. The summed E-state index contributed by atoms with van der Waals surface area (Å²) in [4.78, 5) is 14.0. The molecule has 1 aromatic rings. The van der Waals surface area contributed by atoms with Gasteiger partial charge in [0, 0.05) is 7.05 Å². The Labute approximate surface area is 109 Å². The molecule has 1 saturated heterocycles. The van der Waals surface area contributed by atoms with E-state index in [1.807, 2.05) is 24.1 Å². The van der Waals surface area contributed by atoms with E-state index in [9.17, 15) is 4.79 Å². The lowest BCUT2D eigenvalue weighted by Gasteiger charge is -2.21. The van der Waals surface area contributed by atoms with Crippen LogP contribution >= 0.6 is 0 Å². The van der Waals surface area contributed by atoms with Crippen LogP contribution < -0.4 is 5.32 Å². The highest BCUT2D eigenvalue weighted by molar-refractivity contribution is 5.84. The Morgan fingerprint density at radius 2 is 2.00 bits per heavy atom. The highest BCUT2D eigenvalue weighted by Crippen LogP contribution is 2.27. The number of hydrogen-bond acceptors (Lipinski definition) is 2. The van der Waals surface area contributed by atoms with Crippen LogP contribution in [0.2, 0.25) is 0 Å². The van der Waals surface area contributed by atoms with Crippen LogP contribution in [0.4, 0.5) is 0 Å². The van der Waals surface area contributed by atoms with Crippen molar-refractivity contribution < 1.29 is 4.79 Å². The highest BCUT2D eigenvalue weighted by atomic mass is 16.2. The van der Waals surface area contributed by atoms with Crippen molar-refractivity contribution in [3.05, 3.63) is 35.4 Å². The maximum absolute atomic E-state index is 12.2. The van der Waals surface area contributed by atoms with Crippen molar-refractivity contribution in [1.29, 1.82) is 0 Å². The highest BCUT2D eigenvalue weighted by Gasteiger charge is 2.37. The van der Waals surface area contributed by atoms with Gasteiger partial charge in [0.1, 0.15) is 6.17 Å². The lowest BCUT2D eigenvalue weighted by Crippen LogP contribution is -2.30. The summed E-state index contributed by atoms with van der Waals surface area (Å²) in [6, 6.07) is 8.19. The topological polar surface area (TPSA) is 32.3 Å². The van der Waals surface area contributed by atoms with Gasteiger partial charge in [-0.3, -0.25) is 10.1 Å². The molecular weight excluding hydrogens is 224 g/mol. The van der Waals surface area contributed by atoms with E-state index in [1.165, 1.54) is 11.1 Å². The van der Waals surface area contributed by atoms with E-state index in [2.05, 4.69) is 38.2 Å². The summed E-state index contributed by atoms with van der Waals surface area (Å²) in [7, 11) is 1.88. The number of amides is 1. The van der Waals surface area contributed by atoms with E-state index in [-0.39, 0.29) is 18.1 Å². The normalized spacial score (nSPS) is 24.1. The van der Waals surface area contributed by atoms with Gasteiger partial charge >= 0.3 is 0 Å². The molecule has 3 heteroatoms. The summed E-state index contributed by atoms with van der Waals surface area (Å²) in [5, 5.41) is 3.46. The van der Waals surface area contributed by atoms with Gasteiger partial charge in [0.25, 0.3) is 0 Å². The number of carbonyl (C=O) groups is 1. The molecule has 1 fully saturated rings. The predicted molar refractivity (Wildman–Crippen MR) is 73.1 cm³/mol. The number of hydrogen-bond donors (Lipinski definition) is 1. The van der Waals surface area contributed by atoms with Gasteiger partial charge in [0.05, 0.1) is 6.04 Å². The molecule has 2 atom stereocenters. The molecule has 3 nitrogen and oxygen atoms in total. The van der Waals surface area contributed by atoms with Crippen LogP contribution in [0, 0.1) is 12.8 Å². The molecular formula is C15H22N2O. The van der Waals surface area contributed by atoms with Crippen LogP contribution in [-0.2, 0) is 4.79 Å². The molecule has 2 unspecified atom stereocenters. The molecule has 98 valence electrons. The zero-order chi connectivity index (χ0) is 13.3. The quantitative estimate of drug-likeness (QED) is 0.888. The third-order valence-electron chi connectivity index (χ3n) is 3.58. The summed E-state index contributed by atoms with van der Waals surface area (Å²) in [5.74, 6) is 0.729. The standard InChI is InChI=1S/C15H22N2O/c1-10(2)9-13-15(18)17(4)14(16-13)12-8-6-5-7-11(12)3/h5-8,10,13-14,16H,9H2,1-4H3. The van der Waals surface area contributed by atoms with Crippen molar-refractivity contribution in [2.45, 2.75) is 39.4 Å². The van der Waals surface area contributed by atoms with Crippen molar-refractivity contribution in [2.75, 3.05) is 7.05 Å². The lowest BCUT2D eigenvalue weighted by molar-refractivity contribution is -0.129. The Kier molecular flexibility index (Phi) is 3.71. The van der Waals surface area contributed by atoms with Crippen LogP contribution in [0.5, 0.6) is 0 Å². The van der Waals surface area contributed by atoms with Crippen LogP contribution in [0.3, 0.4) is 0 Å². The van der Waals surface area contributed by atoms with Gasteiger partial charge < -0.3 is 4.90 Å². The number of benzene rings is 1. The fourth-order valence-corrected chi connectivity index (χ4v) is 2.58. The Morgan fingerprint density at radius 1 is 1.33 bits per heavy atom. The van der Waals surface area contributed by atoms with E-state index in [0.29, 0.717) is 5.92 Å². The van der Waals surface area contributed by atoms with Crippen LogP contribution in [-0.4, -0.2) is 23.9 Å². The molecule has 2 rings (SSSR count). The number of likely N-dealkylation sites (N-methyl/N-ethyl adjacent to an activating group) is 1. The molecule has 1 aliphatic rings. The van der Waals surface area contributed by atoms with Crippen molar-refractivity contribution in [1.82, 2.24) is 10.2 Å². The Morgan fingerprint density at radius 3 is 2.61 bits per heavy atom. The third kappa shape index (κ3) is 2.41. The number of nitrogens with zero attached hydrogens (tertiary/aromatic N) is 1. The van der Waals surface area contributed by atoms with Crippen LogP contribution in [0.1, 0.15) is 37.6 Å². The molecule has 0 aromatic heterocycles. The molecule has 1 amide bonds.